The van der Waals surface area contributed by atoms with Crippen LogP contribution in [0.5, 0.6) is 5.75 Å². The van der Waals surface area contributed by atoms with E-state index in [1.165, 1.54) is 7.11 Å². The van der Waals surface area contributed by atoms with E-state index in [-0.39, 0.29) is 17.9 Å². The van der Waals surface area contributed by atoms with Crippen molar-refractivity contribution in [1.82, 2.24) is 4.90 Å². The van der Waals surface area contributed by atoms with Crippen LogP contribution in [0, 0.1) is 5.92 Å². The molecule has 0 radical (unpaired) electrons. The fraction of sp³-hybridized carbons (Fsp3) is 0.500. The Kier molecular flexibility index (Phi) is 4.32. The normalized spacial score (nSPS) is 23.3. The van der Waals surface area contributed by atoms with E-state index in [0.29, 0.717) is 35.8 Å². The summed E-state index contributed by atoms with van der Waals surface area (Å²) in [6.45, 7) is 3.07. The van der Waals surface area contributed by atoms with E-state index in [4.69, 9.17) is 16.3 Å². The molecule has 104 valence electrons. The summed E-state index contributed by atoms with van der Waals surface area (Å²) in [5.41, 5.74) is 0.510. The second-order valence-electron chi connectivity index (χ2n) is 4.93. The molecular weight excluding hydrogens is 266 g/mol. The Labute approximate surface area is 117 Å². The molecule has 2 rings (SSSR count). The van der Waals surface area contributed by atoms with Crippen molar-refractivity contribution in [1.29, 1.82) is 0 Å². The van der Waals surface area contributed by atoms with Gasteiger partial charge >= 0.3 is 0 Å². The van der Waals surface area contributed by atoms with Crippen LogP contribution < -0.4 is 4.74 Å². The molecule has 1 fully saturated rings. The number of hydrogen-bond acceptors (Lipinski definition) is 3. The zero-order valence-corrected chi connectivity index (χ0v) is 11.9. The number of likely N-dealkylation sites (tertiary alicyclic amines) is 1. The Morgan fingerprint density at radius 3 is 2.89 bits per heavy atom. The van der Waals surface area contributed by atoms with Gasteiger partial charge in [-0.15, -0.1) is 0 Å². The lowest BCUT2D eigenvalue weighted by molar-refractivity contribution is 0.0296. The Bertz CT molecular complexity index is 478. The monoisotopic (exact) mass is 283 g/mol. The van der Waals surface area contributed by atoms with Crippen LogP contribution in [0.1, 0.15) is 23.7 Å². The molecule has 2 unspecified atom stereocenters. The zero-order chi connectivity index (χ0) is 14.0. The minimum Gasteiger partial charge on any atom is -0.496 e. The van der Waals surface area contributed by atoms with Crippen molar-refractivity contribution in [3.63, 3.8) is 0 Å². The summed E-state index contributed by atoms with van der Waals surface area (Å²) in [4.78, 5) is 14.2. The molecule has 1 aliphatic rings. The van der Waals surface area contributed by atoms with Crippen molar-refractivity contribution in [3.8, 4) is 5.75 Å². The minimum atomic E-state index is -0.323. The second kappa shape index (κ2) is 5.80. The molecule has 1 aromatic carbocycles. The molecule has 0 saturated carbocycles. The summed E-state index contributed by atoms with van der Waals surface area (Å²) in [7, 11) is 1.52. The van der Waals surface area contributed by atoms with Gasteiger partial charge in [0.15, 0.2) is 0 Å². The largest absolute Gasteiger partial charge is 0.496 e. The molecular formula is C14H18ClNO3. The number of aliphatic hydroxyl groups is 1. The number of aliphatic hydroxyl groups excluding tert-OH is 1. The summed E-state index contributed by atoms with van der Waals surface area (Å²) in [5, 5.41) is 10.2. The van der Waals surface area contributed by atoms with Crippen molar-refractivity contribution in [2.45, 2.75) is 19.4 Å². The van der Waals surface area contributed by atoms with Crippen LogP contribution in [0.15, 0.2) is 18.2 Å². The number of methoxy groups -OCH3 is 1. The quantitative estimate of drug-likeness (QED) is 0.905. The summed E-state index contributed by atoms with van der Waals surface area (Å²) in [6, 6.07) is 5.00. The van der Waals surface area contributed by atoms with Gasteiger partial charge in [-0.05, 0) is 30.5 Å². The summed E-state index contributed by atoms with van der Waals surface area (Å²) in [6.07, 6.45) is 0.291. The molecule has 1 amide bonds. The van der Waals surface area contributed by atoms with E-state index in [2.05, 4.69) is 0 Å². The third-order valence-corrected chi connectivity index (χ3v) is 3.78. The minimum absolute atomic E-state index is 0.0766. The maximum Gasteiger partial charge on any atom is 0.257 e. The number of halogens is 1. The first-order valence-corrected chi connectivity index (χ1v) is 6.71. The molecule has 0 aromatic heterocycles. The molecule has 1 aromatic rings. The number of ether oxygens (including phenoxy) is 1. The van der Waals surface area contributed by atoms with E-state index in [0.717, 1.165) is 0 Å². The van der Waals surface area contributed by atoms with Crippen molar-refractivity contribution in [2.24, 2.45) is 5.92 Å². The summed E-state index contributed by atoms with van der Waals surface area (Å²) >= 11 is 5.89. The average molecular weight is 284 g/mol. The molecule has 19 heavy (non-hydrogen) atoms. The van der Waals surface area contributed by atoms with Gasteiger partial charge in [0.2, 0.25) is 0 Å². The number of rotatable bonds is 2. The standard InChI is InChI=1S/C14H18ClNO3/c1-9-8-16(6-5-12(9)17)14(18)11-4-3-10(15)7-13(11)19-2/h3-4,7,9,12,17H,5-6,8H2,1-2H3. The van der Waals surface area contributed by atoms with Crippen molar-refractivity contribution >= 4 is 17.5 Å². The molecule has 5 heteroatoms. The lowest BCUT2D eigenvalue weighted by Gasteiger charge is -2.34. The molecule has 4 nitrogen and oxygen atoms in total. The van der Waals surface area contributed by atoms with Gasteiger partial charge in [-0.3, -0.25) is 4.79 Å². The maximum atomic E-state index is 12.5. The van der Waals surface area contributed by atoms with Crippen molar-refractivity contribution in [3.05, 3.63) is 28.8 Å². The second-order valence-corrected chi connectivity index (χ2v) is 5.37. The van der Waals surface area contributed by atoms with E-state index in [9.17, 15) is 9.90 Å². The van der Waals surface area contributed by atoms with Crippen LogP contribution in [-0.4, -0.2) is 42.2 Å². The van der Waals surface area contributed by atoms with Gasteiger partial charge in [-0.1, -0.05) is 18.5 Å². The highest BCUT2D eigenvalue weighted by Crippen LogP contribution is 2.26. The SMILES string of the molecule is COc1cc(Cl)ccc1C(=O)N1CCC(O)C(C)C1. The van der Waals surface area contributed by atoms with Gasteiger partial charge in [0.25, 0.3) is 5.91 Å². The first kappa shape index (κ1) is 14.2. The van der Waals surface area contributed by atoms with Crippen LogP contribution in [-0.2, 0) is 0 Å². The molecule has 0 aliphatic carbocycles. The van der Waals surface area contributed by atoms with Gasteiger partial charge < -0.3 is 14.7 Å². The highest BCUT2D eigenvalue weighted by Gasteiger charge is 2.28. The van der Waals surface area contributed by atoms with E-state index < -0.39 is 0 Å². The summed E-state index contributed by atoms with van der Waals surface area (Å²) < 4.78 is 5.20. The maximum absolute atomic E-state index is 12.5. The van der Waals surface area contributed by atoms with Gasteiger partial charge in [-0.2, -0.15) is 0 Å². The van der Waals surface area contributed by atoms with Gasteiger partial charge in [-0.25, -0.2) is 0 Å². The molecule has 1 heterocycles. The van der Waals surface area contributed by atoms with Crippen molar-refractivity contribution in [2.75, 3.05) is 20.2 Å². The number of amides is 1. The van der Waals surface area contributed by atoms with Crippen LogP contribution >= 0.6 is 11.6 Å². The Balaban J connectivity index is 2.20. The lowest BCUT2D eigenvalue weighted by atomic mass is 9.96. The van der Waals surface area contributed by atoms with Gasteiger partial charge in [0.1, 0.15) is 5.75 Å². The average Bonchev–Trinajstić information content (AvgIpc) is 2.41. The van der Waals surface area contributed by atoms with Crippen LogP contribution in [0.2, 0.25) is 5.02 Å². The zero-order valence-electron chi connectivity index (χ0n) is 11.1. The molecule has 1 saturated heterocycles. The molecule has 1 aliphatic heterocycles. The predicted octanol–water partition coefficient (Wildman–Crippen LogP) is 2.19. The Hall–Kier alpha value is -1.26. The molecule has 0 bridgehead atoms. The van der Waals surface area contributed by atoms with E-state index in [1.54, 1.807) is 23.1 Å². The Morgan fingerprint density at radius 2 is 2.26 bits per heavy atom. The highest BCUT2D eigenvalue weighted by atomic mass is 35.5. The predicted molar refractivity (Wildman–Crippen MR) is 73.7 cm³/mol. The number of carbonyl (C=O) groups is 1. The van der Waals surface area contributed by atoms with E-state index in [1.807, 2.05) is 6.92 Å². The fourth-order valence-corrected chi connectivity index (χ4v) is 2.49. The number of piperidine rings is 1. The molecule has 2 atom stereocenters. The highest BCUT2D eigenvalue weighted by molar-refractivity contribution is 6.30. The van der Waals surface area contributed by atoms with Crippen molar-refractivity contribution < 1.29 is 14.6 Å². The van der Waals surface area contributed by atoms with Gasteiger partial charge in [0.05, 0.1) is 18.8 Å². The topological polar surface area (TPSA) is 49.8 Å². The summed E-state index contributed by atoms with van der Waals surface area (Å²) in [5.74, 6) is 0.500. The number of benzene rings is 1. The lowest BCUT2D eigenvalue weighted by Crippen LogP contribution is -2.45. The third-order valence-electron chi connectivity index (χ3n) is 3.54. The third kappa shape index (κ3) is 3.01. The smallest absolute Gasteiger partial charge is 0.257 e. The Morgan fingerprint density at radius 1 is 1.53 bits per heavy atom. The first-order chi connectivity index (χ1) is 9.02. The fourth-order valence-electron chi connectivity index (χ4n) is 2.33. The van der Waals surface area contributed by atoms with E-state index >= 15 is 0 Å². The van der Waals surface area contributed by atoms with Crippen LogP contribution in [0.4, 0.5) is 0 Å². The van der Waals surface area contributed by atoms with Gasteiger partial charge in [0, 0.05) is 18.1 Å². The molecule has 1 N–H and O–H groups in total. The van der Waals surface area contributed by atoms with Crippen LogP contribution in [0.3, 0.4) is 0 Å². The first-order valence-electron chi connectivity index (χ1n) is 6.33. The number of nitrogens with zero attached hydrogens (tertiary/aromatic N) is 1. The molecule has 0 spiro atoms. The number of hydrogen-bond donors (Lipinski definition) is 1. The van der Waals surface area contributed by atoms with Crippen LogP contribution in [0.25, 0.3) is 0 Å². The number of carbonyl (C=O) groups excluding carboxylic acids is 1.